The van der Waals surface area contributed by atoms with Gasteiger partial charge in [-0.2, -0.15) is 0 Å². The zero-order valence-electron chi connectivity index (χ0n) is 17.4. The van der Waals surface area contributed by atoms with Crippen molar-refractivity contribution in [1.29, 1.82) is 0 Å². The Balaban J connectivity index is 2.36. The molecule has 1 heterocycles. The van der Waals surface area contributed by atoms with Gasteiger partial charge in [0.05, 0.1) is 18.2 Å². The molecule has 0 aliphatic carbocycles. The predicted octanol–water partition coefficient (Wildman–Crippen LogP) is 3.59. The molecule has 7 nitrogen and oxygen atoms in total. The van der Waals surface area contributed by atoms with E-state index in [-0.39, 0.29) is 18.5 Å². The van der Waals surface area contributed by atoms with Gasteiger partial charge in [-0.25, -0.2) is 9.59 Å². The SMILES string of the molecule is CCOC(=O)C1=C(C)N(CC)C(=O)NC1c1ccc(NC(=O)C(C)(C)C)cc1. The van der Waals surface area contributed by atoms with E-state index in [1.807, 2.05) is 27.7 Å². The Kier molecular flexibility index (Phi) is 6.48. The predicted molar refractivity (Wildman–Crippen MR) is 108 cm³/mol. The lowest BCUT2D eigenvalue weighted by Gasteiger charge is -2.34. The van der Waals surface area contributed by atoms with Crippen molar-refractivity contribution < 1.29 is 19.1 Å². The number of benzene rings is 1. The number of allylic oxidation sites excluding steroid dienone is 1. The first-order valence-electron chi connectivity index (χ1n) is 9.47. The maximum absolute atomic E-state index is 12.6. The third-order valence-corrected chi connectivity index (χ3v) is 4.59. The van der Waals surface area contributed by atoms with E-state index in [4.69, 9.17) is 4.74 Å². The van der Waals surface area contributed by atoms with E-state index < -0.39 is 17.4 Å². The van der Waals surface area contributed by atoms with Gasteiger partial charge in [0.25, 0.3) is 0 Å². The average Bonchev–Trinajstić information content (AvgIpc) is 2.61. The summed E-state index contributed by atoms with van der Waals surface area (Å²) in [5, 5.41) is 5.74. The van der Waals surface area contributed by atoms with Gasteiger partial charge in [0.1, 0.15) is 0 Å². The van der Waals surface area contributed by atoms with Gasteiger partial charge in [0, 0.05) is 23.3 Å². The average molecular weight is 387 g/mol. The fourth-order valence-corrected chi connectivity index (χ4v) is 2.96. The van der Waals surface area contributed by atoms with Crippen molar-refractivity contribution in [2.45, 2.75) is 47.6 Å². The molecule has 0 bridgehead atoms. The van der Waals surface area contributed by atoms with Crippen LogP contribution < -0.4 is 10.6 Å². The first-order valence-corrected chi connectivity index (χ1v) is 9.47. The first kappa shape index (κ1) is 21.5. The Bertz CT molecular complexity index is 791. The van der Waals surface area contributed by atoms with E-state index in [2.05, 4.69) is 10.6 Å². The molecule has 7 heteroatoms. The summed E-state index contributed by atoms with van der Waals surface area (Å²) < 4.78 is 5.21. The van der Waals surface area contributed by atoms with Crippen LogP contribution in [0.4, 0.5) is 10.5 Å². The van der Waals surface area contributed by atoms with Gasteiger partial charge >= 0.3 is 12.0 Å². The molecule has 3 amide bonds. The molecule has 0 fully saturated rings. The highest BCUT2D eigenvalue weighted by atomic mass is 16.5. The van der Waals surface area contributed by atoms with E-state index >= 15 is 0 Å². The Hall–Kier alpha value is -2.83. The molecule has 1 aromatic rings. The minimum Gasteiger partial charge on any atom is -0.463 e. The lowest BCUT2D eigenvalue weighted by molar-refractivity contribution is -0.139. The molecule has 152 valence electrons. The Morgan fingerprint density at radius 3 is 2.29 bits per heavy atom. The molecule has 0 spiro atoms. The summed E-state index contributed by atoms with van der Waals surface area (Å²) in [4.78, 5) is 38.7. The van der Waals surface area contributed by atoms with Crippen molar-refractivity contribution >= 4 is 23.6 Å². The number of nitrogens with zero attached hydrogens (tertiary/aromatic N) is 1. The molecule has 1 aliphatic rings. The number of urea groups is 1. The number of amides is 3. The first-order chi connectivity index (χ1) is 13.1. The highest BCUT2D eigenvalue weighted by Gasteiger charge is 2.35. The quantitative estimate of drug-likeness (QED) is 0.756. The van der Waals surface area contributed by atoms with Gasteiger partial charge < -0.3 is 15.4 Å². The number of hydrogen-bond donors (Lipinski definition) is 2. The molecular weight excluding hydrogens is 358 g/mol. The third kappa shape index (κ3) is 4.52. The molecular formula is C21H29N3O4. The molecule has 0 saturated carbocycles. The topological polar surface area (TPSA) is 87.7 Å². The van der Waals surface area contributed by atoms with Crippen molar-refractivity contribution in [3.8, 4) is 0 Å². The minimum atomic E-state index is -0.610. The molecule has 1 aliphatic heterocycles. The second-order valence-corrected chi connectivity index (χ2v) is 7.67. The smallest absolute Gasteiger partial charge is 0.338 e. The van der Waals surface area contributed by atoms with Crippen LogP contribution in [0.5, 0.6) is 0 Å². The van der Waals surface area contributed by atoms with Crippen LogP contribution in [0, 0.1) is 5.41 Å². The lowest BCUT2D eigenvalue weighted by atomic mass is 9.94. The number of rotatable bonds is 5. The van der Waals surface area contributed by atoms with E-state index in [1.54, 1.807) is 38.1 Å². The number of hydrogen-bond acceptors (Lipinski definition) is 4. The second kappa shape index (κ2) is 8.46. The van der Waals surface area contributed by atoms with Crippen LogP contribution in [0.2, 0.25) is 0 Å². The van der Waals surface area contributed by atoms with Crippen molar-refractivity contribution in [2.24, 2.45) is 5.41 Å². The Morgan fingerprint density at radius 1 is 1.18 bits per heavy atom. The van der Waals surface area contributed by atoms with E-state index in [1.165, 1.54) is 4.90 Å². The second-order valence-electron chi connectivity index (χ2n) is 7.67. The summed E-state index contributed by atoms with van der Waals surface area (Å²) in [6.45, 7) is 11.6. The van der Waals surface area contributed by atoms with Crippen LogP contribution in [0.1, 0.15) is 53.1 Å². The fraction of sp³-hybridized carbons (Fsp3) is 0.476. The summed E-state index contributed by atoms with van der Waals surface area (Å²) >= 11 is 0. The number of carbonyl (C=O) groups excluding carboxylic acids is 3. The van der Waals surface area contributed by atoms with Crippen LogP contribution in [0.25, 0.3) is 0 Å². The van der Waals surface area contributed by atoms with Gasteiger partial charge in [-0.3, -0.25) is 9.69 Å². The zero-order valence-corrected chi connectivity index (χ0v) is 17.4. The molecule has 1 atom stereocenters. The number of esters is 1. The molecule has 2 N–H and O–H groups in total. The Labute approximate surface area is 166 Å². The summed E-state index contributed by atoms with van der Waals surface area (Å²) in [7, 11) is 0. The lowest BCUT2D eigenvalue weighted by Crippen LogP contribution is -2.47. The number of nitrogens with one attached hydrogen (secondary N) is 2. The standard InChI is InChI=1S/C21H29N3O4/c1-7-24-13(3)16(18(25)28-8-2)17(23-20(24)27)14-9-11-15(12-10-14)22-19(26)21(4,5)6/h9-12,17H,7-8H2,1-6H3,(H,22,26)(H,23,27). The van der Waals surface area contributed by atoms with Crippen molar-refractivity contribution in [2.75, 3.05) is 18.5 Å². The van der Waals surface area contributed by atoms with Crippen molar-refractivity contribution in [3.63, 3.8) is 0 Å². The molecule has 2 rings (SSSR count). The van der Waals surface area contributed by atoms with Crippen LogP contribution in [0.3, 0.4) is 0 Å². The van der Waals surface area contributed by atoms with Crippen LogP contribution >= 0.6 is 0 Å². The highest BCUT2D eigenvalue weighted by Crippen LogP contribution is 2.32. The van der Waals surface area contributed by atoms with Gasteiger partial charge in [-0.15, -0.1) is 0 Å². The number of ether oxygens (including phenoxy) is 1. The maximum Gasteiger partial charge on any atom is 0.338 e. The van der Waals surface area contributed by atoms with E-state index in [0.29, 0.717) is 23.5 Å². The maximum atomic E-state index is 12.6. The van der Waals surface area contributed by atoms with Crippen molar-refractivity contribution in [1.82, 2.24) is 10.2 Å². The number of anilines is 1. The Morgan fingerprint density at radius 2 is 1.79 bits per heavy atom. The monoisotopic (exact) mass is 387 g/mol. The van der Waals surface area contributed by atoms with Gasteiger partial charge in [0.2, 0.25) is 5.91 Å². The van der Waals surface area contributed by atoms with Crippen molar-refractivity contribution in [3.05, 3.63) is 41.1 Å². The third-order valence-electron chi connectivity index (χ3n) is 4.59. The van der Waals surface area contributed by atoms with Crippen LogP contribution in [-0.2, 0) is 14.3 Å². The van der Waals surface area contributed by atoms with E-state index in [0.717, 1.165) is 5.56 Å². The van der Waals surface area contributed by atoms with E-state index in [9.17, 15) is 14.4 Å². The normalized spacial score (nSPS) is 17.3. The molecule has 0 radical (unpaired) electrons. The summed E-state index contributed by atoms with van der Waals surface area (Å²) in [5.74, 6) is -0.540. The van der Waals surface area contributed by atoms with Gasteiger partial charge in [0.15, 0.2) is 0 Å². The molecule has 1 aromatic carbocycles. The minimum absolute atomic E-state index is 0.0900. The summed E-state index contributed by atoms with van der Waals surface area (Å²) in [5.41, 5.74) is 1.88. The molecule has 1 unspecified atom stereocenters. The van der Waals surface area contributed by atoms with Crippen LogP contribution in [-0.4, -0.2) is 36.0 Å². The van der Waals surface area contributed by atoms with Crippen LogP contribution in [0.15, 0.2) is 35.5 Å². The molecule has 28 heavy (non-hydrogen) atoms. The highest BCUT2D eigenvalue weighted by molar-refractivity contribution is 5.96. The molecule has 0 aromatic heterocycles. The summed E-state index contributed by atoms with van der Waals surface area (Å²) in [6.07, 6.45) is 0. The largest absolute Gasteiger partial charge is 0.463 e. The zero-order chi connectivity index (χ0) is 21.1. The number of carbonyl (C=O) groups is 3. The van der Waals surface area contributed by atoms with Gasteiger partial charge in [-0.1, -0.05) is 32.9 Å². The molecule has 0 saturated heterocycles. The van der Waals surface area contributed by atoms with Gasteiger partial charge in [-0.05, 0) is 38.5 Å². The fourth-order valence-electron chi connectivity index (χ4n) is 2.96. The summed E-state index contributed by atoms with van der Waals surface area (Å²) in [6, 6.07) is 6.23.